The van der Waals surface area contributed by atoms with Crippen LogP contribution in [0.25, 0.3) is 11.1 Å². The number of rotatable bonds is 3. The molecule has 0 spiro atoms. The van der Waals surface area contributed by atoms with Crippen LogP contribution in [0.1, 0.15) is 17.0 Å². The van der Waals surface area contributed by atoms with Crippen LogP contribution in [0.15, 0.2) is 33.9 Å². The third kappa shape index (κ3) is 3.17. The molecule has 98 valence electrons. The van der Waals surface area contributed by atoms with E-state index in [1.165, 1.54) is 0 Å². The van der Waals surface area contributed by atoms with E-state index < -0.39 is 0 Å². The van der Waals surface area contributed by atoms with Gasteiger partial charge in [0.25, 0.3) is 0 Å². The van der Waals surface area contributed by atoms with Gasteiger partial charge in [-0.15, -0.1) is 0 Å². The third-order valence-corrected chi connectivity index (χ3v) is 2.71. The van der Waals surface area contributed by atoms with Crippen LogP contribution in [-0.2, 0) is 0 Å². The smallest absolute Gasteiger partial charge is 0.184 e. The molecule has 0 fully saturated rings. The Kier molecular flexibility index (Phi) is 3.91. The highest BCUT2D eigenvalue weighted by Crippen LogP contribution is 2.26. The highest BCUT2D eigenvalue weighted by atomic mass is 32.1. The Labute approximate surface area is 116 Å². The molecule has 19 heavy (non-hydrogen) atoms. The summed E-state index contributed by atoms with van der Waals surface area (Å²) in [5.41, 5.74) is 11.7. The van der Waals surface area contributed by atoms with Gasteiger partial charge in [-0.1, -0.05) is 29.4 Å². The topological polar surface area (TPSA) is 76.4 Å². The van der Waals surface area contributed by atoms with Gasteiger partial charge in [-0.25, -0.2) is 0 Å². The Bertz CT molecular complexity index is 597. The highest BCUT2D eigenvalue weighted by molar-refractivity contribution is 7.80. The molecule has 0 unspecified atom stereocenters. The minimum atomic E-state index is 0.142. The maximum Gasteiger partial charge on any atom is 0.184 e. The maximum absolute atomic E-state index is 5.27. The van der Waals surface area contributed by atoms with Gasteiger partial charge in [-0.05, 0) is 37.2 Å². The highest BCUT2D eigenvalue weighted by Gasteiger charge is 2.10. The molecule has 1 heterocycles. The summed E-state index contributed by atoms with van der Waals surface area (Å²) >= 11 is 4.65. The van der Waals surface area contributed by atoms with Crippen molar-refractivity contribution in [3.63, 3.8) is 0 Å². The molecule has 2 aromatic rings. The second-order valence-corrected chi connectivity index (χ2v) is 4.50. The standard InChI is InChI=1S/C13H14N4OS/c1-8-12(9(2)18-17-8)11-5-3-10(4-6-11)7-15-16-13(14)19/h3-7H,1-2H3,(H3,14,16,19). The normalized spacial score (nSPS) is 10.8. The molecule has 6 heteroatoms. The number of hydrogen-bond acceptors (Lipinski definition) is 4. The van der Waals surface area contributed by atoms with Crippen molar-refractivity contribution in [3.8, 4) is 11.1 Å². The third-order valence-electron chi connectivity index (χ3n) is 2.62. The largest absolute Gasteiger partial charge is 0.375 e. The quantitative estimate of drug-likeness (QED) is 0.509. The van der Waals surface area contributed by atoms with Crippen molar-refractivity contribution in [1.29, 1.82) is 0 Å². The van der Waals surface area contributed by atoms with Crippen LogP contribution >= 0.6 is 12.2 Å². The van der Waals surface area contributed by atoms with Crippen molar-refractivity contribution < 1.29 is 4.52 Å². The van der Waals surface area contributed by atoms with Crippen molar-refractivity contribution in [3.05, 3.63) is 41.3 Å². The van der Waals surface area contributed by atoms with Gasteiger partial charge in [0.2, 0.25) is 0 Å². The lowest BCUT2D eigenvalue weighted by molar-refractivity contribution is 0.393. The molecular formula is C13H14N4OS. The molecular weight excluding hydrogens is 260 g/mol. The van der Waals surface area contributed by atoms with Gasteiger partial charge in [-0.3, -0.25) is 5.43 Å². The van der Waals surface area contributed by atoms with E-state index in [4.69, 9.17) is 10.3 Å². The van der Waals surface area contributed by atoms with Gasteiger partial charge in [0, 0.05) is 5.56 Å². The first-order valence-corrected chi connectivity index (χ1v) is 6.10. The van der Waals surface area contributed by atoms with E-state index in [0.717, 1.165) is 28.1 Å². The molecule has 0 radical (unpaired) electrons. The zero-order valence-corrected chi connectivity index (χ0v) is 11.5. The lowest BCUT2D eigenvalue weighted by Gasteiger charge is -2.01. The number of hydrogen-bond donors (Lipinski definition) is 2. The molecule has 3 N–H and O–H groups in total. The summed E-state index contributed by atoms with van der Waals surface area (Å²) in [6.45, 7) is 3.82. The minimum Gasteiger partial charge on any atom is -0.375 e. The van der Waals surface area contributed by atoms with Crippen LogP contribution in [0, 0.1) is 13.8 Å². The van der Waals surface area contributed by atoms with Crippen LogP contribution in [0.4, 0.5) is 0 Å². The first kappa shape index (κ1) is 13.2. The first-order chi connectivity index (χ1) is 9.08. The fraction of sp³-hybridized carbons (Fsp3) is 0.154. The van der Waals surface area contributed by atoms with E-state index in [9.17, 15) is 0 Å². The molecule has 2 rings (SSSR count). The van der Waals surface area contributed by atoms with Gasteiger partial charge in [0.15, 0.2) is 5.11 Å². The second kappa shape index (κ2) is 5.62. The predicted octanol–water partition coefficient (Wildman–Crippen LogP) is 2.13. The summed E-state index contributed by atoms with van der Waals surface area (Å²) in [7, 11) is 0. The number of benzene rings is 1. The number of nitrogens with one attached hydrogen (secondary N) is 1. The van der Waals surface area contributed by atoms with E-state index in [-0.39, 0.29) is 5.11 Å². The Balaban J connectivity index is 2.19. The van der Waals surface area contributed by atoms with E-state index in [1.54, 1.807) is 6.21 Å². The van der Waals surface area contributed by atoms with Gasteiger partial charge in [0.05, 0.1) is 11.9 Å². The number of hydrazone groups is 1. The lowest BCUT2D eigenvalue weighted by atomic mass is 10.0. The van der Waals surface area contributed by atoms with Crippen molar-refractivity contribution >= 4 is 23.5 Å². The zero-order chi connectivity index (χ0) is 13.8. The summed E-state index contributed by atoms with van der Waals surface area (Å²) in [6.07, 6.45) is 1.65. The van der Waals surface area contributed by atoms with Crippen LogP contribution < -0.4 is 11.2 Å². The average Bonchev–Trinajstić information content (AvgIpc) is 2.70. The van der Waals surface area contributed by atoms with E-state index in [0.29, 0.717) is 0 Å². The SMILES string of the molecule is Cc1noc(C)c1-c1ccc(C=NNC(N)=S)cc1. The summed E-state index contributed by atoms with van der Waals surface area (Å²) in [4.78, 5) is 0. The van der Waals surface area contributed by atoms with Crippen LogP contribution in [0.3, 0.4) is 0 Å². The number of nitrogens with zero attached hydrogens (tertiary/aromatic N) is 2. The van der Waals surface area contributed by atoms with Crippen molar-refractivity contribution in [1.82, 2.24) is 10.6 Å². The molecule has 1 aromatic heterocycles. The number of thiocarbonyl (C=S) groups is 1. The zero-order valence-electron chi connectivity index (χ0n) is 10.7. The lowest BCUT2D eigenvalue weighted by Crippen LogP contribution is -2.23. The van der Waals surface area contributed by atoms with E-state index >= 15 is 0 Å². The predicted molar refractivity (Wildman–Crippen MR) is 78.9 cm³/mol. The molecule has 0 aliphatic carbocycles. The monoisotopic (exact) mass is 274 g/mol. The molecule has 0 amide bonds. The molecule has 0 saturated carbocycles. The summed E-state index contributed by atoms with van der Waals surface area (Å²) in [5.74, 6) is 0.814. The fourth-order valence-corrected chi connectivity index (χ4v) is 1.85. The van der Waals surface area contributed by atoms with E-state index in [1.807, 2.05) is 38.1 Å². The van der Waals surface area contributed by atoms with Crippen molar-refractivity contribution in [2.45, 2.75) is 13.8 Å². The minimum absolute atomic E-state index is 0.142. The summed E-state index contributed by atoms with van der Waals surface area (Å²) in [5, 5.41) is 7.98. The summed E-state index contributed by atoms with van der Waals surface area (Å²) < 4.78 is 5.16. The molecule has 0 bridgehead atoms. The van der Waals surface area contributed by atoms with Crippen LogP contribution in [-0.4, -0.2) is 16.5 Å². The number of aryl methyl sites for hydroxylation is 2. The number of nitrogens with two attached hydrogens (primary N) is 1. The molecule has 0 aliphatic rings. The molecule has 5 nitrogen and oxygen atoms in total. The second-order valence-electron chi connectivity index (χ2n) is 4.06. The molecule has 1 aromatic carbocycles. The fourth-order valence-electron chi connectivity index (χ4n) is 1.80. The van der Waals surface area contributed by atoms with Crippen molar-refractivity contribution in [2.75, 3.05) is 0 Å². The van der Waals surface area contributed by atoms with Gasteiger partial charge < -0.3 is 10.3 Å². The molecule has 0 saturated heterocycles. The molecule has 0 aliphatic heterocycles. The van der Waals surface area contributed by atoms with Crippen molar-refractivity contribution in [2.24, 2.45) is 10.8 Å². The van der Waals surface area contributed by atoms with Crippen LogP contribution in [0.5, 0.6) is 0 Å². The first-order valence-electron chi connectivity index (χ1n) is 5.69. The molecule has 0 atom stereocenters. The Hall–Kier alpha value is -2.21. The summed E-state index contributed by atoms with van der Waals surface area (Å²) in [6, 6.07) is 7.89. The van der Waals surface area contributed by atoms with Gasteiger partial charge in [0.1, 0.15) is 5.76 Å². The Morgan fingerprint density at radius 2 is 2.05 bits per heavy atom. The Morgan fingerprint density at radius 1 is 1.37 bits per heavy atom. The van der Waals surface area contributed by atoms with E-state index in [2.05, 4.69) is 27.9 Å². The average molecular weight is 274 g/mol. The maximum atomic E-state index is 5.27. The van der Waals surface area contributed by atoms with Gasteiger partial charge >= 0.3 is 0 Å². The van der Waals surface area contributed by atoms with Gasteiger partial charge in [-0.2, -0.15) is 5.10 Å². The van der Waals surface area contributed by atoms with Crippen LogP contribution in [0.2, 0.25) is 0 Å². The Morgan fingerprint density at radius 3 is 2.58 bits per heavy atom. The number of aromatic nitrogens is 1.